The highest BCUT2D eigenvalue weighted by Crippen LogP contribution is 2.27. The Morgan fingerprint density at radius 2 is 1.52 bits per heavy atom. The van der Waals surface area contributed by atoms with Crippen LogP contribution in [0.25, 0.3) is 0 Å². The van der Waals surface area contributed by atoms with Gasteiger partial charge in [-0.05, 0) is 30.2 Å². The van der Waals surface area contributed by atoms with E-state index in [-0.39, 0.29) is 35.5 Å². The monoisotopic (exact) mass is 355 g/mol. The predicted octanol–water partition coefficient (Wildman–Crippen LogP) is 3.03. The Morgan fingerprint density at radius 3 is 1.88 bits per heavy atom. The summed E-state index contributed by atoms with van der Waals surface area (Å²) in [4.78, 5) is 27.5. The molecule has 0 atom stereocenters. The van der Waals surface area contributed by atoms with Crippen LogP contribution in [-0.2, 0) is 4.79 Å². The van der Waals surface area contributed by atoms with Crippen LogP contribution in [0, 0.1) is 10.8 Å². The molecule has 2 N–H and O–H groups in total. The zero-order valence-electron chi connectivity index (χ0n) is 17.1. The molecule has 0 unspecified atom stereocenters. The van der Waals surface area contributed by atoms with Crippen molar-refractivity contribution < 1.29 is 14.7 Å². The summed E-state index contributed by atoms with van der Waals surface area (Å²) in [6.45, 7) is 17.0. The van der Waals surface area contributed by atoms with Gasteiger partial charge in [0.1, 0.15) is 0 Å². The molecule has 6 heteroatoms. The van der Waals surface area contributed by atoms with E-state index in [1.807, 2.05) is 16.7 Å². The molecule has 1 fully saturated rings. The number of nitrogens with one attached hydrogen (secondary N) is 1. The number of carboxylic acid groups (broad SMARTS) is 1. The molecule has 1 rings (SSSR count). The second-order valence-corrected chi connectivity index (χ2v) is 9.71. The van der Waals surface area contributed by atoms with E-state index in [1.165, 1.54) is 0 Å². The maximum atomic E-state index is 12.7. The fraction of sp³-hybridized carbons (Fsp3) is 0.895. The molecule has 146 valence electrons. The maximum absolute atomic E-state index is 12.7. The van der Waals surface area contributed by atoms with Crippen LogP contribution < -0.4 is 5.32 Å². The summed E-state index contributed by atoms with van der Waals surface area (Å²) >= 11 is 0. The molecule has 0 heterocycles. The van der Waals surface area contributed by atoms with Crippen LogP contribution in [0.3, 0.4) is 0 Å². The van der Waals surface area contributed by atoms with Gasteiger partial charge in [-0.15, -0.1) is 0 Å². The van der Waals surface area contributed by atoms with Gasteiger partial charge in [0.05, 0.1) is 6.54 Å². The lowest BCUT2D eigenvalue weighted by Crippen LogP contribution is -2.58. The minimum absolute atomic E-state index is 0.00502. The number of urea groups is 1. The number of aliphatic carboxylic acids is 1. The van der Waals surface area contributed by atoms with Crippen molar-refractivity contribution in [2.24, 2.45) is 10.8 Å². The molecule has 0 spiro atoms. The van der Waals surface area contributed by atoms with Crippen LogP contribution in [0.1, 0.15) is 61.3 Å². The summed E-state index contributed by atoms with van der Waals surface area (Å²) in [5.74, 6) is -0.795. The van der Waals surface area contributed by atoms with Gasteiger partial charge in [0.25, 0.3) is 0 Å². The molecule has 1 aliphatic rings. The van der Waals surface area contributed by atoms with E-state index >= 15 is 0 Å². The molecule has 0 aromatic rings. The second kappa shape index (κ2) is 8.39. The van der Waals surface area contributed by atoms with Crippen molar-refractivity contribution in [1.29, 1.82) is 0 Å². The van der Waals surface area contributed by atoms with Gasteiger partial charge in [-0.25, -0.2) is 4.79 Å². The molecule has 0 aliphatic heterocycles. The molecule has 25 heavy (non-hydrogen) atoms. The number of carboxylic acids is 1. The van der Waals surface area contributed by atoms with Gasteiger partial charge in [0.2, 0.25) is 0 Å². The maximum Gasteiger partial charge on any atom is 0.317 e. The first-order chi connectivity index (χ1) is 11.3. The lowest BCUT2D eigenvalue weighted by Gasteiger charge is -2.43. The molecule has 1 saturated carbocycles. The summed E-state index contributed by atoms with van der Waals surface area (Å²) < 4.78 is 0. The summed E-state index contributed by atoms with van der Waals surface area (Å²) in [6, 6.07) is 0.391. The number of likely N-dealkylation sites (N-methyl/N-ethyl adjacent to an activating group) is 1. The first-order valence-electron chi connectivity index (χ1n) is 9.32. The number of amides is 2. The van der Waals surface area contributed by atoms with Crippen LogP contribution in [-0.4, -0.2) is 65.2 Å². The van der Waals surface area contributed by atoms with Gasteiger partial charge in [-0.1, -0.05) is 48.5 Å². The number of nitrogens with zero attached hydrogens (tertiary/aromatic N) is 2. The van der Waals surface area contributed by atoms with E-state index in [1.54, 1.807) is 0 Å². The van der Waals surface area contributed by atoms with Crippen molar-refractivity contribution in [1.82, 2.24) is 15.1 Å². The molecule has 0 aromatic heterocycles. The first kappa shape index (κ1) is 21.7. The van der Waals surface area contributed by atoms with E-state index in [0.717, 1.165) is 19.4 Å². The Kier molecular flexibility index (Phi) is 7.29. The Labute approximate surface area is 152 Å². The Bertz CT molecular complexity index is 444. The summed E-state index contributed by atoms with van der Waals surface area (Å²) in [5.41, 5.74) is 0.0937. The molecule has 2 amide bonds. The highest BCUT2D eigenvalue weighted by molar-refractivity contribution is 5.75. The second-order valence-electron chi connectivity index (χ2n) is 9.71. The lowest BCUT2D eigenvalue weighted by molar-refractivity contribution is -0.139. The highest BCUT2D eigenvalue weighted by atomic mass is 16.4. The topological polar surface area (TPSA) is 72.9 Å². The van der Waals surface area contributed by atoms with E-state index in [2.05, 4.69) is 46.9 Å². The smallest absolute Gasteiger partial charge is 0.317 e. The summed E-state index contributed by atoms with van der Waals surface area (Å²) in [6.07, 6.45) is 1.65. The normalized spacial score (nSPS) is 21.0. The van der Waals surface area contributed by atoms with Crippen LogP contribution in [0.15, 0.2) is 0 Å². The largest absolute Gasteiger partial charge is 0.480 e. The zero-order valence-corrected chi connectivity index (χ0v) is 17.1. The van der Waals surface area contributed by atoms with Crippen molar-refractivity contribution in [3.63, 3.8) is 0 Å². The molecule has 6 nitrogen and oxygen atoms in total. The number of hydrogen-bond donors (Lipinski definition) is 2. The number of hydrogen-bond acceptors (Lipinski definition) is 3. The third-order valence-corrected chi connectivity index (χ3v) is 4.32. The van der Waals surface area contributed by atoms with Crippen LogP contribution in [0.4, 0.5) is 4.79 Å². The predicted molar refractivity (Wildman–Crippen MR) is 101 cm³/mol. The van der Waals surface area contributed by atoms with E-state index in [4.69, 9.17) is 5.11 Å². The van der Waals surface area contributed by atoms with Gasteiger partial charge in [0.15, 0.2) is 0 Å². The van der Waals surface area contributed by atoms with Crippen LogP contribution in [0.2, 0.25) is 0 Å². The SMILES string of the molecule is CCN(CC(=O)O)C1CC(NC(=O)N(CC(C)(C)C)CC(C)(C)C)C1. The zero-order chi connectivity index (χ0) is 19.4. The molecule has 0 saturated heterocycles. The van der Waals surface area contributed by atoms with Crippen LogP contribution in [0.5, 0.6) is 0 Å². The lowest BCUT2D eigenvalue weighted by atomic mass is 9.85. The summed E-state index contributed by atoms with van der Waals surface area (Å²) in [7, 11) is 0. The van der Waals surface area contributed by atoms with Gasteiger partial charge < -0.3 is 15.3 Å². The van der Waals surface area contributed by atoms with Gasteiger partial charge in [0, 0.05) is 25.2 Å². The van der Waals surface area contributed by atoms with E-state index in [9.17, 15) is 9.59 Å². The molecule has 1 aliphatic carbocycles. The quantitative estimate of drug-likeness (QED) is 0.736. The molecular formula is C19H37N3O3. The van der Waals surface area contributed by atoms with Crippen molar-refractivity contribution in [3.8, 4) is 0 Å². The highest BCUT2D eigenvalue weighted by Gasteiger charge is 2.36. The third-order valence-electron chi connectivity index (χ3n) is 4.32. The van der Waals surface area contributed by atoms with Gasteiger partial charge in [-0.2, -0.15) is 0 Å². The number of carbonyl (C=O) groups excluding carboxylic acids is 1. The van der Waals surface area contributed by atoms with Crippen molar-refractivity contribution >= 4 is 12.0 Å². The standard InChI is InChI=1S/C19H37N3O3/c1-8-21(11-16(23)24)15-9-14(10-15)20-17(25)22(12-18(2,3)4)13-19(5,6)7/h14-15H,8-13H2,1-7H3,(H,20,25)(H,23,24). The van der Waals surface area contributed by atoms with Crippen molar-refractivity contribution in [2.75, 3.05) is 26.2 Å². The average molecular weight is 356 g/mol. The van der Waals surface area contributed by atoms with Crippen molar-refractivity contribution in [2.45, 2.75) is 73.4 Å². The minimum atomic E-state index is -0.795. The van der Waals surface area contributed by atoms with Gasteiger partial charge >= 0.3 is 12.0 Å². The molecule has 0 radical (unpaired) electrons. The van der Waals surface area contributed by atoms with E-state index in [0.29, 0.717) is 13.1 Å². The van der Waals surface area contributed by atoms with Crippen molar-refractivity contribution in [3.05, 3.63) is 0 Å². The Balaban J connectivity index is 2.57. The number of rotatable bonds is 7. The fourth-order valence-corrected chi connectivity index (χ4v) is 3.29. The Morgan fingerprint density at radius 1 is 1.04 bits per heavy atom. The van der Waals surface area contributed by atoms with Crippen LogP contribution >= 0.6 is 0 Å². The first-order valence-corrected chi connectivity index (χ1v) is 9.32. The minimum Gasteiger partial charge on any atom is -0.480 e. The fourth-order valence-electron chi connectivity index (χ4n) is 3.29. The number of carbonyl (C=O) groups is 2. The molecule has 0 aromatic carbocycles. The summed E-state index contributed by atoms with van der Waals surface area (Å²) in [5, 5.41) is 12.1. The molecule has 0 bridgehead atoms. The van der Waals surface area contributed by atoms with Gasteiger partial charge in [-0.3, -0.25) is 9.69 Å². The third kappa shape index (κ3) is 8.08. The van der Waals surface area contributed by atoms with E-state index < -0.39 is 5.97 Å². The Hall–Kier alpha value is -1.30. The molecular weight excluding hydrogens is 318 g/mol. The average Bonchev–Trinajstić information content (AvgIpc) is 2.35.